The Hall–Kier alpha value is -3.91. The van der Waals surface area contributed by atoms with Gasteiger partial charge in [0.1, 0.15) is 17.7 Å². The molecule has 4 aromatic rings. The summed E-state index contributed by atoms with van der Waals surface area (Å²) >= 11 is 0. The summed E-state index contributed by atoms with van der Waals surface area (Å²) in [6.07, 6.45) is 7.39. The minimum atomic E-state index is -0.289. The Morgan fingerprint density at radius 2 is 1.90 bits per heavy atom. The molecule has 2 aliphatic rings. The van der Waals surface area contributed by atoms with E-state index in [0.717, 1.165) is 71.5 Å². The van der Waals surface area contributed by atoms with Crippen LogP contribution in [-0.4, -0.2) is 40.8 Å². The smallest absolute Gasteiger partial charge is 0.251 e. The fraction of sp³-hybridized carbons (Fsp3) is 0.355. The third-order valence-electron chi connectivity index (χ3n) is 7.57. The molecule has 0 radical (unpaired) electrons. The van der Waals surface area contributed by atoms with Crippen LogP contribution >= 0.6 is 0 Å². The van der Waals surface area contributed by atoms with Gasteiger partial charge in [-0.1, -0.05) is 6.07 Å². The lowest BCUT2D eigenvalue weighted by molar-refractivity contribution is 0.0248. The molecule has 1 amide bonds. The minimum Gasteiger partial charge on any atom is -0.381 e. The van der Waals surface area contributed by atoms with Crippen LogP contribution in [0.2, 0.25) is 0 Å². The molecule has 0 spiro atoms. The van der Waals surface area contributed by atoms with Crippen molar-refractivity contribution in [2.45, 2.75) is 58.1 Å². The van der Waals surface area contributed by atoms with Crippen LogP contribution in [0.5, 0.6) is 0 Å². The van der Waals surface area contributed by atoms with Crippen molar-refractivity contribution in [1.29, 1.82) is 0 Å². The first kappa shape index (κ1) is 25.4. The Kier molecular flexibility index (Phi) is 6.95. The van der Waals surface area contributed by atoms with Gasteiger partial charge in [-0.2, -0.15) is 0 Å². The van der Waals surface area contributed by atoms with Gasteiger partial charge in [0, 0.05) is 41.8 Å². The Morgan fingerprint density at radius 3 is 2.67 bits per heavy atom. The SMILES string of the molecule is Cc1ccc(F)cc1Nc1cc(NCC2CCCCO2)c2ncn(-c3ccc(C(=O)NC4CC4)c(C)c3)c2c1. The topological polar surface area (TPSA) is 80.2 Å². The van der Waals surface area contributed by atoms with E-state index in [1.807, 2.05) is 55.1 Å². The summed E-state index contributed by atoms with van der Waals surface area (Å²) in [4.78, 5) is 17.4. The number of hydrogen-bond donors (Lipinski definition) is 3. The molecule has 3 N–H and O–H groups in total. The van der Waals surface area contributed by atoms with Crippen molar-refractivity contribution in [2.75, 3.05) is 23.8 Å². The number of nitrogens with zero attached hydrogens (tertiary/aromatic N) is 2. The Morgan fingerprint density at radius 1 is 1.03 bits per heavy atom. The number of hydrogen-bond acceptors (Lipinski definition) is 5. The van der Waals surface area contributed by atoms with E-state index in [1.54, 1.807) is 6.07 Å². The third kappa shape index (κ3) is 5.61. The summed E-state index contributed by atoms with van der Waals surface area (Å²) in [5.74, 6) is -0.311. The van der Waals surface area contributed by atoms with E-state index in [4.69, 9.17) is 9.72 Å². The maximum atomic E-state index is 14.0. The zero-order chi connectivity index (χ0) is 26.9. The van der Waals surface area contributed by atoms with Crippen LogP contribution in [0.1, 0.15) is 53.6 Å². The number of fused-ring (bicyclic) bond motifs is 1. The number of nitrogens with one attached hydrogen (secondary N) is 3. The standard InChI is InChI=1S/C31H34FN5O2/c1-19-6-7-21(32)14-27(19)35-23-15-28(33-17-25-5-3-4-12-39-25)30-29(16-23)37(18-34-30)24-10-11-26(20(2)13-24)31(38)36-22-8-9-22/h6-7,10-11,13-16,18,22,25,33,35H,3-5,8-9,12,17H2,1-2H3,(H,36,38). The van der Waals surface area contributed by atoms with E-state index in [9.17, 15) is 9.18 Å². The zero-order valence-corrected chi connectivity index (χ0v) is 22.4. The first-order valence-corrected chi connectivity index (χ1v) is 13.8. The second kappa shape index (κ2) is 10.7. The van der Waals surface area contributed by atoms with E-state index in [-0.39, 0.29) is 17.8 Å². The van der Waals surface area contributed by atoms with Crippen molar-refractivity contribution in [3.8, 4) is 5.69 Å². The summed E-state index contributed by atoms with van der Waals surface area (Å²) in [7, 11) is 0. The second-order valence-electron chi connectivity index (χ2n) is 10.7. The molecule has 1 atom stereocenters. The predicted octanol–water partition coefficient (Wildman–Crippen LogP) is 6.40. The summed E-state index contributed by atoms with van der Waals surface area (Å²) in [5, 5.41) is 10.0. The second-order valence-corrected chi connectivity index (χ2v) is 10.7. The predicted molar refractivity (Wildman–Crippen MR) is 153 cm³/mol. The quantitative estimate of drug-likeness (QED) is 0.247. The van der Waals surface area contributed by atoms with Crippen molar-refractivity contribution in [3.63, 3.8) is 0 Å². The Labute approximate surface area is 227 Å². The molecule has 0 bridgehead atoms. The van der Waals surface area contributed by atoms with Gasteiger partial charge in [0.15, 0.2) is 0 Å². The highest BCUT2D eigenvalue weighted by Gasteiger charge is 2.24. The van der Waals surface area contributed by atoms with Crippen LogP contribution in [0.15, 0.2) is 54.9 Å². The number of halogens is 1. The van der Waals surface area contributed by atoms with Gasteiger partial charge in [0.2, 0.25) is 0 Å². The molecule has 3 aromatic carbocycles. The molecule has 39 heavy (non-hydrogen) atoms. The number of carbonyl (C=O) groups is 1. The molecule has 2 fully saturated rings. The summed E-state index contributed by atoms with van der Waals surface area (Å²) in [6.45, 7) is 5.40. The lowest BCUT2D eigenvalue weighted by atomic mass is 10.1. The van der Waals surface area contributed by atoms with Crippen LogP contribution in [0.4, 0.5) is 21.5 Å². The number of benzene rings is 3. The van der Waals surface area contributed by atoms with Crippen molar-refractivity contribution in [2.24, 2.45) is 0 Å². The van der Waals surface area contributed by atoms with Gasteiger partial charge in [-0.05, 0) is 99.5 Å². The molecule has 1 saturated carbocycles. The van der Waals surface area contributed by atoms with E-state index in [2.05, 4.69) is 16.0 Å². The molecule has 1 aliphatic heterocycles. The van der Waals surface area contributed by atoms with Crippen molar-refractivity contribution < 1.29 is 13.9 Å². The highest BCUT2D eigenvalue weighted by atomic mass is 19.1. The lowest BCUT2D eigenvalue weighted by Crippen LogP contribution is -2.27. The summed E-state index contributed by atoms with van der Waals surface area (Å²) < 4.78 is 22.0. The van der Waals surface area contributed by atoms with E-state index >= 15 is 0 Å². The fourth-order valence-electron chi connectivity index (χ4n) is 5.15. The molecular weight excluding hydrogens is 493 g/mol. The molecule has 202 valence electrons. The van der Waals surface area contributed by atoms with Gasteiger partial charge in [-0.3, -0.25) is 9.36 Å². The number of aromatic nitrogens is 2. The number of ether oxygens (including phenoxy) is 1. The molecule has 1 aliphatic carbocycles. The summed E-state index contributed by atoms with van der Waals surface area (Å²) in [5.41, 5.74) is 7.61. The van der Waals surface area contributed by atoms with Crippen LogP contribution in [-0.2, 0) is 4.74 Å². The molecular formula is C31H34FN5O2. The largest absolute Gasteiger partial charge is 0.381 e. The Bertz CT molecular complexity index is 1520. The molecule has 1 unspecified atom stereocenters. The molecule has 6 rings (SSSR count). The van der Waals surface area contributed by atoms with Crippen LogP contribution in [0, 0.1) is 19.7 Å². The number of anilines is 3. The maximum absolute atomic E-state index is 14.0. The first-order valence-electron chi connectivity index (χ1n) is 13.8. The monoisotopic (exact) mass is 527 g/mol. The lowest BCUT2D eigenvalue weighted by Gasteiger charge is -2.23. The van der Waals surface area contributed by atoms with E-state index in [1.165, 1.54) is 18.6 Å². The number of amides is 1. The van der Waals surface area contributed by atoms with Gasteiger partial charge in [-0.15, -0.1) is 0 Å². The molecule has 1 aromatic heterocycles. The Balaban J connectivity index is 1.36. The van der Waals surface area contributed by atoms with Gasteiger partial charge < -0.3 is 20.7 Å². The number of imidazole rings is 1. The highest BCUT2D eigenvalue weighted by molar-refractivity contribution is 5.97. The van der Waals surface area contributed by atoms with Gasteiger partial charge in [-0.25, -0.2) is 9.37 Å². The average Bonchev–Trinajstić information content (AvgIpc) is 3.64. The minimum absolute atomic E-state index is 0.0228. The van der Waals surface area contributed by atoms with Crippen LogP contribution in [0.3, 0.4) is 0 Å². The first-order chi connectivity index (χ1) is 18.9. The number of carbonyl (C=O) groups excluding carboxylic acids is 1. The molecule has 7 nitrogen and oxygen atoms in total. The average molecular weight is 528 g/mol. The van der Waals surface area contributed by atoms with Crippen LogP contribution < -0.4 is 16.0 Å². The van der Waals surface area contributed by atoms with Crippen LogP contribution in [0.25, 0.3) is 16.7 Å². The van der Waals surface area contributed by atoms with Crippen molar-refractivity contribution in [3.05, 3.63) is 77.4 Å². The number of rotatable bonds is 8. The van der Waals surface area contributed by atoms with Crippen molar-refractivity contribution in [1.82, 2.24) is 14.9 Å². The molecule has 2 heterocycles. The molecule has 1 saturated heterocycles. The highest BCUT2D eigenvalue weighted by Crippen LogP contribution is 2.32. The normalized spacial score (nSPS) is 17.3. The van der Waals surface area contributed by atoms with Gasteiger partial charge in [0.25, 0.3) is 5.91 Å². The zero-order valence-electron chi connectivity index (χ0n) is 22.4. The third-order valence-corrected chi connectivity index (χ3v) is 7.57. The van der Waals surface area contributed by atoms with E-state index < -0.39 is 0 Å². The fourth-order valence-corrected chi connectivity index (χ4v) is 5.15. The molecule has 8 heteroatoms. The van der Waals surface area contributed by atoms with E-state index in [0.29, 0.717) is 23.8 Å². The maximum Gasteiger partial charge on any atom is 0.251 e. The summed E-state index contributed by atoms with van der Waals surface area (Å²) in [6, 6.07) is 14.9. The van der Waals surface area contributed by atoms with Gasteiger partial charge in [0.05, 0.1) is 17.3 Å². The van der Waals surface area contributed by atoms with Crippen molar-refractivity contribution >= 4 is 34.0 Å². The van der Waals surface area contributed by atoms with Gasteiger partial charge >= 0.3 is 0 Å². The number of aryl methyl sites for hydroxylation is 2.